The molecular formula is C13H14Cl2N2O. The van der Waals surface area contributed by atoms with Crippen LogP contribution >= 0.6 is 23.2 Å². The SMILES string of the molecule is CCc1nn(Cc2ccc(Cl)cc2)c(Cl)c1CO. The molecule has 3 nitrogen and oxygen atoms in total. The van der Waals surface area contributed by atoms with E-state index in [0.29, 0.717) is 22.3 Å². The monoisotopic (exact) mass is 284 g/mol. The highest BCUT2D eigenvalue weighted by molar-refractivity contribution is 6.30. The molecule has 1 N–H and O–H groups in total. The summed E-state index contributed by atoms with van der Waals surface area (Å²) in [5.41, 5.74) is 2.63. The van der Waals surface area contributed by atoms with Gasteiger partial charge in [-0.15, -0.1) is 0 Å². The zero-order valence-corrected chi connectivity index (χ0v) is 11.5. The van der Waals surface area contributed by atoms with Crippen molar-refractivity contribution in [3.05, 3.63) is 51.3 Å². The average molecular weight is 285 g/mol. The zero-order chi connectivity index (χ0) is 13.1. The largest absolute Gasteiger partial charge is 0.391 e. The van der Waals surface area contributed by atoms with Crippen LogP contribution in [-0.4, -0.2) is 14.9 Å². The van der Waals surface area contributed by atoms with Gasteiger partial charge in [-0.25, -0.2) is 4.68 Å². The highest BCUT2D eigenvalue weighted by Crippen LogP contribution is 2.22. The molecule has 0 fully saturated rings. The summed E-state index contributed by atoms with van der Waals surface area (Å²) in [7, 11) is 0. The second-order valence-corrected chi connectivity index (χ2v) is 4.81. The molecule has 2 aromatic rings. The van der Waals surface area contributed by atoms with Gasteiger partial charge in [0.2, 0.25) is 0 Å². The summed E-state index contributed by atoms with van der Waals surface area (Å²) in [4.78, 5) is 0. The Bertz CT molecular complexity index is 535. The molecule has 0 saturated heterocycles. The molecule has 0 amide bonds. The average Bonchev–Trinajstić information content (AvgIpc) is 2.68. The predicted octanol–water partition coefficient (Wildman–Crippen LogP) is 3.29. The topological polar surface area (TPSA) is 38.0 Å². The van der Waals surface area contributed by atoms with Gasteiger partial charge < -0.3 is 5.11 Å². The Kier molecular flexibility index (Phi) is 4.27. The zero-order valence-electron chi connectivity index (χ0n) is 10.0. The predicted molar refractivity (Wildman–Crippen MR) is 73.1 cm³/mol. The molecule has 1 aromatic heterocycles. The number of hydrogen-bond acceptors (Lipinski definition) is 2. The Balaban J connectivity index is 2.29. The van der Waals surface area contributed by atoms with E-state index in [0.717, 1.165) is 17.7 Å². The third-order valence-electron chi connectivity index (χ3n) is 2.80. The van der Waals surface area contributed by atoms with Crippen LogP contribution in [0.1, 0.15) is 23.7 Å². The Labute approximate surface area is 116 Å². The molecule has 5 heteroatoms. The molecular weight excluding hydrogens is 271 g/mol. The minimum absolute atomic E-state index is 0.0807. The summed E-state index contributed by atoms with van der Waals surface area (Å²) >= 11 is 12.0. The maximum Gasteiger partial charge on any atom is 0.133 e. The summed E-state index contributed by atoms with van der Waals surface area (Å²) in [6, 6.07) is 7.54. The van der Waals surface area contributed by atoms with E-state index >= 15 is 0 Å². The van der Waals surface area contributed by atoms with Gasteiger partial charge in [-0.2, -0.15) is 5.10 Å². The number of aliphatic hydroxyl groups excluding tert-OH is 1. The molecule has 0 aliphatic rings. The van der Waals surface area contributed by atoms with Crippen LogP contribution in [-0.2, 0) is 19.6 Å². The fraction of sp³-hybridized carbons (Fsp3) is 0.308. The standard InChI is InChI=1S/C13H14Cl2N2O/c1-2-12-11(8-18)13(15)17(16-12)7-9-3-5-10(14)6-4-9/h3-6,18H,2,7-8H2,1H3. The summed E-state index contributed by atoms with van der Waals surface area (Å²) < 4.78 is 1.70. The normalized spacial score (nSPS) is 10.9. The van der Waals surface area contributed by atoms with Crippen LogP contribution in [0.4, 0.5) is 0 Å². The highest BCUT2D eigenvalue weighted by atomic mass is 35.5. The van der Waals surface area contributed by atoms with Crippen LogP contribution in [0.15, 0.2) is 24.3 Å². The Hall–Kier alpha value is -1.03. The first kappa shape index (κ1) is 13.4. The van der Waals surface area contributed by atoms with E-state index in [1.807, 2.05) is 31.2 Å². The molecule has 0 aliphatic carbocycles. The highest BCUT2D eigenvalue weighted by Gasteiger charge is 2.14. The first-order chi connectivity index (χ1) is 8.65. The second kappa shape index (κ2) is 5.74. The fourth-order valence-electron chi connectivity index (χ4n) is 1.83. The smallest absolute Gasteiger partial charge is 0.133 e. The number of aromatic nitrogens is 2. The molecule has 1 heterocycles. The van der Waals surface area contributed by atoms with E-state index in [9.17, 15) is 5.11 Å². The molecule has 1 aromatic carbocycles. The van der Waals surface area contributed by atoms with Gasteiger partial charge in [-0.05, 0) is 24.1 Å². The van der Waals surface area contributed by atoms with Gasteiger partial charge in [0.15, 0.2) is 0 Å². The van der Waals surface area contributed by atoms with Gasteiger partial charge in [0.25, 0.3) is 0 Å². The van der Waals surface area contributed by atoms with Gasteiger partial charge >= 0.3 is 0 Å². The molecule has 0 unspecified atom stereocenters. The molecule has 96 valence electrons. The van der Waals surface area contributed by atoms with Crippen molar-refractivity contribution in [2.45, 2.75) is 26.5 Å². The van der Waals surface area contributed by atoms with Gasteiger partial charge in [0.1, 0.15) is 5.15 Å². The number of hydrogen-bond donors (Lipinski definition) is 1. The minimum atomic E-state index is -0.0807. The molecule has 0 radical (unpaired) electrons. The van der Waals surface area contributed by atoms with Gasteiger partial charge in [-0.3, -0.25) is 0 Å². The van der Waals surface area contributed by atoms with Crippen molar-refractivity contribution < 1.29 is 5.11 Å². The number of benzene rings is 1. The van der Waals surface area contributed by atoms with Crippen LogP contribution in [0.5, 0.6) is 0 Å². The Morgan fingerprint density at radius 2 is 1.89 bits per heavy atom. The minimum Gasteiger partial charge on any atom is -0.391 e. The summed E-state index contributed by atoms with van der Waals surface area (Å²) in [6.45, 7) is 2.48. The van der Waals surface area contributed by atoms with Gasteiger partial charge in [0.05, 0.1) is 18.8 Å². The molecule has 0 saturated carbocycles. The molecule has 2 rings (SSSR count). The molecule has 18 heavy (non-hydrogen) atoms. The number of nitrogens with zero attached hydrogens (tertiary/aromatic N) is 2. The first-order valence-corrected chi connectivity index (χ1v) is 6.50. The van der Waals surface area contributed by atoms with Gasteiger partial charge in [-0.1, -0.05) is 42.3 Å². The molecule has 0 bridgehead atoms. The summed E-state index contributed by atoms with van der Waals surface area (Å²) in [6.07, 6.45) is 0.753. The quantitative estimate of drug-likeness (QED) is 0.936. The third kappa shape index (κ3) is 2.69. The molecule has 0 atom stereocenters. The number of aryl methyl sites for hydroxylation is 1. The van der Waals surface area contributed by atoms with Crippen LogP contribution in [0.3, 0.4) is 0 Å². The van der Waals surface area contributed by atoms with E-state index < -0.39 is 0 Å². The van der Waals surface area contributed by atoms with Crippen molar-refractivity contribution >= 4 is 23.2 Å². The lowest BCUT2D eigenvalue weighted by molar-refractivity contribution is 0.280. The van der Waals surface area contributed by atoms with Crippen LogP contribution in [0, 0.1) is 0 Å². The van der Waals surface area contributed by atoms with Crippen molar-refractivity contribution in [1.82, 2.24) is 9.78 Å². The van der Waals surface area contributed by atoms with E-state index in [1.54, 1.807) is 4.68 Å². The maximum absolute atomic E-state index is 9.29. The lowest BCUT2D eigenvalue weighted by Gasteiger charge is -2.03. The third-order valence-corrected chi connectivity index (χ3v) is 3.48. The number of aliphatic hydroxyl groups is 1. The van der Waals surface area contributed by atoms with Crippen LogP contribution in [0.25, 0.3) is 0 Å². The maximum atomic E-state index is 9.29. The lowest BCUT2D eigenvalue weighted by Crippen LogP contribution is -2.02. The fourth-order valence-corrected chi connectivity index (χ4v) is 2.23. The van der Waals surface area contributed by atoms with E-state index in [4.69, 9.17) is 23.2 Å². The van der Waals surface area contributed by atoms with Crippen molar-refractivity contribution in [2.75, 3.05) is 0 Å². The van der Waals surface area contributed by atoms with Gasteiger partial charge in [0, 0.05) is 10.6 Å². The number of halogens is 2. The van der Waals surface area contributed by atoms with Crippen molar-refractivity contribution in [3.63, 3.8) is 0 Å². The van der Waals surface area contributed by atoms with E-state index in [-0.39, 0.29) is 6.61 Å². The van der Waals surface area contributed by atoms with E-state index in [2.05, 4.69) is 5.10 Å². The van der Waals surface area contributed by atoms with Crippen molar-refractivity contribution in [2.24, 2.45) is 0 Å². The van der Waals surface area contributed by atoms with Crippen molar-refractivity contribution in [1.29, 1.82) is 0 Å². The molecule has 0 aliphatic heterocycles. The Morgan fingerprint density at radius 1 is 1.22 bits per heavy atom. The second-order valence-electron chi connectivity index (χ2n) is 4.01. The summed E-state index contributed by atoms with van der Waals surface area (Å²) in [5, 5.41) is 14.9. The molecule has 0 spiro atoms. The van der Waals surface area contributed by atoms with Crippen LogP contribution in [0.2, 0.25) is 10.2 Å². The first-order valence-electron chi connectivity index (χ1n) is 5.75. The van der Waals surface area contributed by atoms with E-state index in [1.165, 1.54) is 0 Å². The van der Waals surface area contributed by atoms with Crippen LogP contribution < -0.4 is 0 Å². The number of rotatable bonds is 4. The van der Waals surface area contributed by atoms with Crippen molar-refractivity contribution in [3.8, 4) is 0 Å². The lowest BCUT2D eigenvalue weighted by atomic mass is 10.2. The summed E-state index contributed by atoms with van der Waals surface area (Å²) in [5.74, 6) is 0. The Morgan fingerprint density at radius 3 is 2.39 bits per heavy atom.